The maximum absolute atomic E-state index is 12.9. The van der Waals surface area contributed by atoms with Gasteiger partial charge in [0.25, 0.3) is 5.91 Å². The van der Waals surface area contributed by atoms with Gasteiger partial charge in [0.2, 0.25) is 5.91 Å². The number of aryl methyl sites for hydroxylation is 1. The van der Waals surface area contributed by atoms with E-state index in [0.29, 0.717) is 24.7 Å². The number of β-lactam (4-membered cyclic amide) rings is 1. The molecule has 1 aromatic carbocycles. The molecule has 0 radical (unpaired) electrons. The molecule has 7 heteroatoms. The number of para-hydroxylation sites is 1. The van der Waals surface area contributed by atoms with Crippen molar-refractivity contribution < 1.29 is 9.59 Å². The fraction of sp³-hybridized carbons (Fsp3) is 0.524. The highest BCUT2D eigenvalue weighted by molar-refractivity contribution is 5.92. The van der Waals surface area contributed by atoms with Gasteiger partial charge in [-0.25, -0.2) is 4.68 Å². The van der Waals surface area contributed by atoms with E-state index >= 15 is 0 Å². The van der Waals surface area contributed by atoms with Crippen LogP contribution in [0.2, 0.25) is 0 Å². The molecule has 7 nitrogen and oxygen atoms in total. The molecule has 3 heterocycles. The molecule has 2 saturated heterocycles. The molecular formula is C21H27N5O2. The quantitative estimate of drug-likeness (QED) is 0.824. The first-order chi connectivity index (χ1) is 13.4. The topological polar surface area (TPSA) is 80.1 Å². The van der Waals surface area contributed by atoms with Gasteiger partial charge in [-0.2, -0.15) is 0 Å². The van der Waals surface area contributed by atoms with Gasteiger partial charge in [-0.1, -0.05) is 30.3 Å². The number of hydrogen-bond donors (Lipinski definition) is 1. The summed E-state index contributed by atoms with van der Waals surface area (Å²) in [5, 5.41) is 11.3. The van der Waals surface area contributed by atoms with Crippen LogP contribution in [-0.4, -0.2) is 50.8 Å². The fourth-order valence-corrected chi connectivity index (χ4v) is 4.39. The van der Waals surface area contributed by atoms with Crippen molar-refractivity contribution >= 4 is 11.8 Å². The van der Waals surface area contributed by atoms with Crippen LogP contribution in [0.15, 0.2) is 30.5 Å². The molecule has 0 aliphatic carbocycles. The highest BCUT2D eigenvalue weighted by atomic mass is 16.2. The second-order valence-electron chi connectivity index (χ2n) is 8.33. The molecule has 0 saturated carbocycles. The molecular weight excluding hydrogens is 354 g/mol. The first-order valence-electron chi connectivity index (χ1n) is 10.0. The fourth-order valence-electron chi connectivity index (χ4n) is 4.39. The van der Waals surface area contributed by atoms with Crippen molar-refractivity contribution in [2.75, 3.05) is 13.1 Å². The van der Waals surface area contributed by atoms with E-state index in [0.717, 1.165) is 30.5 Å². The summed E-state index contributed by atoms with van der Waals surface area (Å²) < 4.78 is 1.69. The molecule has 1 unspecified atom stereocenters. The molecule has 4 rings (SSSR count). The van der Waals surface area contributed by atoms with Crippen molar-refractivity contribution in [1.29, 1.82) is 0 Å². The Morgan fingerprint density at radius 2 is 1.96 bits per heavy atom. The number of carbonyl (C=O) groups is 2. The summed E-state index contributed by atoms with van der Waals surface area (Å²) in [6.07, 6.45) is 4.40. The van der Waals surface area contributed by atoms with Gasteiger partial charge in [0.05, 0.1) is 17.3 Å². The zero-order chi connectivity index (χ0) is 19.9. The average Bonchev–Trinajstić information content (AvgIpc) is 3.21. The molecule has 1 N–H and O–H groups in total. The molecule has 0 bridgehead atoms. The van der Waals surface area contributed by atoms with Crippen molar-refractivity contribution in [3.63, 3.8) is 0 Å². The van der Waals surface area contributed by atoms with Gasteiger partial charge in [0, 0.05) is 19.1 Å². The normalized spacial score (nSPS) is 21.9. The minimum atomic E-state index is -0.299. The molecule has 2 fully saturated rings. The Kier molecular flexibility index (Phi) is 4.69. The Hall–Kier alpha value is -2.70. The van der Waals surface area contributed by atoms with Crippen LogP contribution in [0.3, 0.4) is 0 Å². The molecule has 28 heavy (non-hydrogen) atoms. The maximum Gasteiger partial charge on any atom is 0.276 e. The van der Waals surface area contributed by atoms with E-state index in [-0.39, 0.29) is 23.3 Å². The third-order valence-corrected chi connectivity index (χ3v) is 6.28. The number of hydrogen-bond acceptors (Lipinski definition) is 4. The van der Waals surface area contributed by atoms with Crippen LogP contribution in [0.1, 0.15) is 49.7 Å². The molecule has 2 aliphatic heterocycles. The number of piperidine rings is 1. The Labute approximate surface area is 165 Å². The number of rotatable bonds is 4. The summed E-state index contributed by atoms with van der Waals surface area (Å²) in [5.74, 6) is 0.472. The molecule has 0 spiro atoms. The van der Waals surface area contributed by atoms with E-state index in [1.807, 2.05) is 36.9 Å². The highest BCUT2D eigenvalue weighted by Crippen LogP contribution is 2.38. The maximum atomic E-state index is 12.9. The lowest BCUT2D eigenvalue weighted by Gasteiger charge is -2.50. The lowest BCUT2D eigenvalue weighted by molar-refractivity contribution is -0.146. The summed E-state index contributed by atoms with van der Waals surface area (Å²) in [7, 11) is 0. The van der Waals surface area contributed by atoms with E-state index in [1.54, 1.807) is 10.9 Å². The predicted molar refractivity (Wildman–Crippen MR) is 105 cm³/mol. The van der Waals surface area contributed by atoms with Crippen molar-refractivity contribution in [1.82, 2.24) is 25.2 Å². The van der Waals surface area contributed by atoms with Crippen molar-refractivity contribution in [2.24, 2.45) is 11.3 Å². The van der Waals surface area contributed by atoms with Gasteiger partial charge >= 0.3 is 0 Å². The van der Waals surface area contributed by atoms with E-state index in [1.165, 1.54) is 0 Å². The first kappa shape index (κ1) is 18.7. The smallest absolute Gasteiger partial charge is 0.276 e. The molecule has 1 atom stereocenters. The first-order valence-corrected chi connectivity index (χ1v) is 10.0. The molecule has 2 aliphatic rings. The highest BCUT2D eigenvalue weighted by Gasteiger charge is 2.51. The van der Waals surface area contributed by atoms with Crippen LogP contribution in [-0.2, 0) is 11.2 Å². The summed E-state index contributed by atoms with van der Waals surface area (Å²) >= 11 is 0. The number of aromatic nitrogens is 3. The van der Waals surface area contributed by atoms with Crippen molar-refractivity contribution in [3.8, 4) is 5.69 Å². The number of carbonyl (C=O) groups excluding carboxylic acids is 2. The monoisotopic (exact) mass is 381 g/mol. The van der Waals surface area contributed by atoms with Crippen LogP contribution < -0.4 is 5.32 Å². The molecule has 148 valence electrons. The van der Waals surface area contributed by atoms with Crippen LogP contribution in [0.4, 0.5) is 0 Å². The summed E-state index contributed by atoms with van der Waals surface area (Å²) in [6, 6.07) is 8.22. The van der Waals surface area contributed by atoms with E-state index in [9.17, 15) is 9.59 Å². The van der Waals surface area contributed by atoms with Gasteiger partial charge in [-0.05, 0) is 50.7 Å². The largest absolute Gasteiger partial charge is 0.351 e. The number of nitrogens with zero attached hydrogens (tertiary/aromatic N) is 4. The van der Waals surface area contributed by atoms with E-state index in [2.05, 4.69) is 28.6 Å². The molecule has 2 aromatic rings. The van der Waals surface area contributed by atoms with Gasteiger partial charge in [-0.3, -0.25) is 9.59 Å². The second-order valence-corrected chi connectivity index (χ2v) is 8.33. The third-order valence-electron chi connectivity index (χ3n) is 6.28. The van der Waals surface area contributed by atoms with Gasteiger partial charge < -0.3 is 10.2 Å². The number of likely N-dealkylation sites (tertiary alicyclic amines) is 1. The van der Waals surface area contributed by atoms with Crippen molar-refractivity contribution in [2.45, 2.75) is 46.1 Å². The Balaban J connectivity index is 1.41. The summed E-state index contributed by atoms with van der Waals surface area (Å²) in [5.41, 5.74) is 2.20. The Bertz CT molecular complexity index is 896. The lowest BCUT2D eigenvalue weighted by atomic mass is 9.68. The SMILES string of the molecule is CCc1ccccc1-n1cc(C(=O)N2CCC(C3NC(=O)C3(C)C)CC2)nn1. The van der Waals surface area contributed by atoms with E-state index < -0.39 is 0 Å². The predicted octanol–water partition coefficient (Wildman–Crippen LogP) is 2.21. The summed E-state index contributed by atoms with van der Waals surface area (Å²) in [4.78, 5) is 26.5. The van der Waals surface area contributed by atoms with Crippen LogP contribution in [0, 0.1) is 11.3 Å². The van der Waals surface area contributed by atoms with Crippen LogP contribution >= 0.6 is 0 Å². The zero-order valence-electron chi connectivity index (χ0n) is 16.7. The molecule has 2 amide bonds. The van der Waals surface area contributed by atoms with Crippen LogP contribution in [0.25, 0.3) is 5.69 Å². The van der Waals surface area contributed by atoms with E-state index in [4.69, 9.17) is 0 Å². The van der Waals surface area contributed by atoms with Gasteiger partial charge in [0.1, 0.15) is 0 Å². The Morgan fingerprint density at radius 1 is 1.25 bits per heavy atom. The van der Waals surface area contributed by atoms with Crippen LogP contribution in [0.5, 0.6) is 0 Å². The Morgan fingerprint density at radius 3 is 2.61 bits per heavy atom. The van der Waals surface area contributed by atoms with Gasteiger partial charge in [-0.15, -0.1) is 5.10 Å². The number of amides is 2. The minimum Gasteiger partial charge on any atom is -0.351 e. The average molecular weight is 381 g/mol. The zero-order valence-corrected chi connectivity index (χ0v) is 16.7. The second kappa shape index (κ2) is 7.04. The third kappa shape index (κ3) is 3.08. The standard InChI is InChI=1S/C21H27N5O2/c1-4-14-7-5-6-8-17(14)26-13-16(23-24-26)19(27)25-11-9-15(10-12-25)18-21(2,3)20(28)22-18/h5-8,13,15,18H,4,9-12H2,1-3H3,(H,22,28). The number of nitrogens with one attached hydrogen (secondary N) is 1. The van der Waals surface area contributed by atoms with Crippen molar-refractivity contribution in [3.05, 3.63) is 41.7 Å². The minimum absolute atomic E-state index is 0.0735. The molecule has 1 aromatic heterocycles. The lowest BCUT2D eigenvalue weighted by Crippen LogP contribution is -2.68. The summed E-state index contributed by atoms with van der Waals surface area (Å²) in [6.45, 7) is 7.47. The number of benzene rings is 1. The van der Waals surface area contributed by atoms with Gasteiger partial charge in [0.15, 0.2) is 5.69 Å².